The van der Waals surface area contributed by atoms with Gasteiger partial charge in [-0.3, -0.25) is 9.69 Å². The van der Waals surface area contributed by atoms with Gasteiger partial charge in [0, 0.05) is 37.8 Å². The van der Waals surface area contributed by atoms with Gasteiger partial charge in [0.1, 0.15) is 0 Å². The third kappa shape index (κ3) is 3.52. The van der Waals surface area contributed by atoms with Crippen LogP contribution in [0, 0.1) is 11.8 Å². The number of carbonyl (C=O) groups is 1. The Kier molecular flexibility index (Phi) is 4.82. The van der Waals surface area contributed by atoms with Gasteiger partial charge in [0.05, 0.1) is 0 Å². The van der Waals surface area contributed by atoms with E-state index in [0.29, 0.717) is 6.04 Å². The van der Waals surface area contributed by atoms with Crippen LogP contribution in [0.5, 0.6) is 0 Å². The summed E-state index contributed by atoms with van der Waals surface area (Å²) in [5.41, 5.74) is 0.821. The van der Waals surface area contributed by atoms with Crippen LogP contribution >= 0.6 is 0 Å². The number of hydrogen-bond acceptors (Lipinski definition) is 2. The monoisotopic (exact) mass is 300 g/mol. The molecule has 120 valence electrons. The van der Waals surface area contributed by atoms with Crippen molar-refractivity contribution >= 4 is 5.91 Å². The van der Waals surface area contributed by atoms with Crippen molar-refractivity contribution in [2.75, 3.05) is 26.2 Å². The Morgan fingerprint density at radius 2 is 1.59 bits per heavy atom. The van der Waals surface area contributed by atoms with Gasteiger partial charge in [-0.15, -0.1) is 0 Å². The first-order chi connectivity index (χ1) is 10.6. The van der Waals surface area contributed by atoms with Gasteiger partial charge in [-0.25, -0.2) is 0 Å². The topological polar surface area (TPSA) is 23.6 Å². The number of hydrogen-bond donors (Lipinski definition) is 0. The summed E-state index contributed by atoms with van der Waals surface area (Å²) in [7, 11) is 0. The second kappa shape index (κ2) is 6.82. The van der Waals surface area contributed by atoms with Crippen molar-refractivity contribution in [2.24, 2.45) is 11.8 Å². The summed E-state index contributed by atoms with van der Waals surface area (Å²) in [6.45, 7) is 9.02. The minimum Gasteiger partial charge on any atom is -0.339 e. The van der Waals surface area contributed by atoms with Crippen LogP contribution in [0.3, 0.4) is 0 Å². The quantitative estimate of drug-likeness (QED) is 0.837. The first-order valence-electron chi connectivity index (χ1n) is 8.72. The molecule has 0 spiro atoms. The fraction of sp³-hybridized carbons (Fsp3) is 0.632. The minimum atomic E-state index is 0.194. The van der Waals surface area contributed by atoms with E-state index in [1.165, 1.54) is 19.5 Å². The van der Waals surface area contributed by atoms with Crippen LogP contribution in [0.25, 0.3) is 0 Å². The summed E-state index contributed by atoms with van der Waals surface area (Å²) < 4.78 is 0. The van der Waals surface area contributed by atoms with E-state index < -0.39 is 0 Å². The van der Waals surface area contributed by atoms with Crippen molar-refractivity contribution in [3.63, 3.8) is 0 Å². The molecule has 0 aromatic heterocycles. The van der Waals surface area contributed by atoms with Gasteiger partial charge in [-0.2, -0.15) is 0 Å². The Balaban J connectivity index is 1.55. The molecule has 2 atom stereocenters. The maximum atomic E-state index is 12.5. The standard InChI is InChI=1S/C19H28N2O/c1-15-12-16(2)14-21(13-15)18-8-10-20(11-9-18)19(22)17-6-4-3-5-7-17/h3-7,15-16,18H,8-14H2,1-2H3/t15-,16-/m0/s1. The molecular formula is C19H28N2O. The molecule has 0 N–H and O–H groups in total. The molecule has 3 rings (SSSR count). The Bertz CT molecular complexity index is 483. The number of piperidine rings is 2. The smallest absolute Gasteiger partial charge is 0.253 e. The molecule has 2 aliphatic rings. The lowest BCUT2D eigenvalue weighted by atomic mass is 9.89. The van der Waals surface area contributed by atoms with Gasteiger partial charge in [0.25, 0.3) is 5.91 Å². The second-order valence-electron chi connectivity index (χ2n) is 7.29. The zero-order valence-electron chi connectivity index (χ0n) is 13.9. The molecule has 2 heterocycles. The van der Waals surface area contributed by atoms with Crippen molar-refractivity contribution < 1.29 is 4.79 Å². The van der Waals surface area contributed by atoms with Crippen LogP contribution in [0.4, 0.5) is 0 Å². The van der Waals surface area contributed by atoms with E-state index in [-0.39, 0.29) is 5.91 Å². The molecule has 2 fully saturated rings. The van der Waals surface area contributed by atoms with Gasteiger partial charge in [0.15, 0.2) is 0 Å². The molecule has 2 saturated heterocycles. The third-order valence-electron chi connectivity index (χ3n) is 5.19. The predicted molar refractivity (Wildman–Crippen MR) is 89.9 cm³/mol. The number of nitrogens with zero attached hydrogens (tertiary/aromatic N) is 2. The molecule has 3 heteroatoms. The molecule has 0 bridgehead atoms. The average molecular weight is 300 g/mol. The highest BCUT2D eigenvalue weighted by molar-refractivity contribution is 5.94. The first-order valence-corrected chi connectivity index (χ1v) is 8.72. The van der Waals surface area contributed by atoms with Crippen molar-refractivity contribution in [1.29, 1.82) is 0 Å². The van der Waals surface area contributed by atoms with Crippen LogP contribution < -0.4 is 0 Å². The first kappa shape index (κ1) is 15.5. The molecule has 2 aliphatic heterocycles. The molecule has 0 aliphatic carbocycles. The average Bonchev–Trinajstić information content (AvgIpc) is 2.54. The Morgan fingerprint density at radius 3 is 2.18 bits per heavy atom. The Morgan fingerprint density at radius 1 is 1.00 bits per heavy atom. The number of carbonyl (C=O) groups excluding carboxylic acids is 1. The van der Waals surface area contributed by atoms with E-state index in [1.54, 1.807) is 0 Å². The largest absolute Gasteiger partial charge is 0.339 e. The zero-order chi connectivity index (χ0) is 15.5. The molecule has 22 heavy (non-hydrogen) atoms. The highest BCUT2D eigenvalue weighted by atomic mass is 16.2. The third-order valence-corrected chi connectivity index (χ3v) is 5.19. The number of benzene rings is 1. The predicted octanol–water partition coefficient (Wildman–Crippen LogP) is 3.27. The summed E-state index contributed by atoms with van der Waals surface area (Å²) >= 11 is 0. The molecule has 0 radical (unpaired) electrons. The number of amides is 1. The molecular weight excluding hydrogens is 272 g/mol. The molecule has 3 nitrogen and oxygen atoms in total. The van der Waals surface area contributed by atoms with Gasteiger partial charge >= 0.3 is 0 Å². The fourth-order valence-corrected chi connectivity index (χ4v) is 4.21. The number of rotatable bonds is 2. The summed E-state index contributed by atoms with van der Waals surface area (Å²) in [6, 6.07) is 10.4. The van der Waals surface area contributed by atoms with Gasteiger partial charge in [-0.1, -0.05) is 32.0 Å². The van der Waals surface area contributed by atoms with Crippen LogP contribution in [0.15, 0.2) is 30.3 Å². The maximum absolute atomic E-state index is 12.5. The highest BCUT2D eigenvalue weighted by Gasteiger charge is 2.31. The van der Waals surface area contributed by atoms with E-state index in [0.717, 1.165) is 43.3 Å². The zero-order valence-corrected chi connectivity index (χ0v) is 13.9. The van der Waals surface area contributed by atoms with Crippen molar-refractivity contribution in [3.05, 3.63) is 35.9 Å². The van der Waals surface area contributed by atoms with Crippen LogP contribution in [-0.2, 0) is 0 Å². The Hall–Kier alpha value is -1.35. The molecule has 0 unspecified atom stereocenters. The van der Waals surface area contributed by atoms with Crippen molar-refractivity contribution in [2.45, 2.75) is 39.2 Å². The lowest BCUT2D eigenvalue weighted by Crippen LogP contribution is -2.50. The lowest BCUT2D eigenvalue weighted by Gasteiger charge is -2.43. The molecule has 0 saturated carbocycles. The number of likely N-dealkylation sites (tertiary alicyclic amines) is 2. The van der Waals surface area contributed by atoms with E-state index in [9.17, 15) is 4.79 Å². The van der Waals surface area contributed by atoms with Crippen molar-refractivity contribution in [3.8, 4) is 0 Å². The van der Waals surface area contributed by atoms with E-state index in [4.69, 9.17) is 0 Å². The lowest BCUT2D eigenvalue weighted by molar-refractivity contribution is 0.0450. The van der Waals surface area contributed by atoms with Gasteiger partial charge in [0.2, 0.25) is 0 Å². The highest BCUT2D eigenvalue weighted by Crippen LogP contribution is 2.26. The van der Waals surface area contributed by atoms with Gasteiger partial charge in [-0.05, 0) is 43.2 Å². The SMILES string of the molecule is C[C@H]1C[C@H](C)CN(C2CCN(C(=O)c3ccccc3)CC2)C1. The normalized spacial score (nSPS) is 27.8. The van der Waals surface area contributed by atoms with E-state index in [2.05, 4.69) is 18.7 Å². The summed E-state index contributed by atoms with van der Waals surface area (Å²) in [5, 5.41) is 0. The summed E-state index contributed by atoms with van der Waals surface area (Å²) in [6.07, 6.45) is 3.61. The minimum absolute atomic E-state index is 0.194. The van der Waals surface area contributed by atoms with Gasteiger partial charge < -0.3 is 4.90 Å². The summed E-state index contributed by atoms with van der Waals surface area (Å²) in [5.74, 6) is 1.82. The van der Waals surface area contributed by atoms with Crippen molar-refractivity contribution in [1.82, 2.24) is 9.80 Å². The second-order valence-corrected chi connectivity index (χ2v) is 7.29. The van der Waals surface area contributed by atoms with E-state index >= 15 is 0 Å². The van der Waals surface area contributed by atoms with Crippen LogP contribution in [-0.4, -0.2) is 47.9 Å². The molecule has 1 aromatic rings. The molecule has 1 aromatic carbocycles. The van der Waals surface area contributed by atoms with Crippen LogP contribution in [0.1, 0.15) is 43.5 Å². The summed E-state index contributed by atoms with van der Waals surface area (Å²) in [4.78, 5) is 17.2. The van der Waals surface area contributed by atoms with E-state index in [1.807, 2.05) is 35.2 Å². The Labute approximate surface area is 134 Å². The van der Waals surface area contributed by atoms with Crippen LogP contribution in [0.2, 0.25) is 0 Å². The maximum Gasteiger partial charge on any atom is 0.253 e. The fourth-order valence-electron chi connectivity index (χ4n) is 4.21. The molecule has 1 amide bonds.